The topological polar surface area (TPSA) is 113 Å². The molecule has 0 aromatic heterocycles. The van der Waals surface area contributed by atoms with E-state index < -0.39 is 27.4 Å². The largest absolute Gasteiger partial charge is 0.495 e. The minimum absolute atomic E-state index is 0.0551. The average molecular weight is 559 g/mol. The van der Waals surface area contributed by atoms with Crippen LogP contribution in [0, 0.1) is 17.0 Å². The van der Waals surface area contributed by atoms with Gasteiger partial charge in [-0.05, 0) is 43.3 Å². The van der Waals surface area contributed by atoms with E-state index in [1.54, 1.807) is 4.90 Å². The highest BCUT2D eigenvalue weighted by Gasteiger charge is 2.33. The summed E-state index contributed by atoms with van der Waals surface area (Å²) in [5, 5.41) is 11.7. The van der Waals surface area contributed by atoms with Crippen molar-refractivity contribution in [1.29, 1.82) is 0 Å². The number of sulfonamides is 1. The average Bonchev–Trinajstić information content (AvgIpc) is 2.92. The molecular weight excluding hydrogens is 532 g/mol. The third kappa shape index (κ3) is 5.68. The number of amides is 1. The van der Waals surface area contributed by atoms with E-state index in [9.17, 15) is 23.3 Å². The molecular formula is C26H27ClN4O6S. The van der Waals surface area contributed by atoms with Gasteiger partial charge in [0.1, 0.15) is 12.3 Å². The second kappa shape index (κ2) is 11.3. The minimum atomic E-state index is -4.43. The van der Waals surface area contributed by atoms with Crippen LogP contribution in [0.3, 0.4) is 0 Å². The van der Waals surface area contributed by atoms with E-state index in [1.807, 2.05) is 30.3 Å². The van der Waals surface area contributed by atoms with Gasteiger partial charge in [-0.25, -0.2) is 8.42 Å². The molecule has 0 N–H and O–H groups in total. The van der Waals surface area contributed by atoms with E-state index in [4.69, 9.17) is 16.3 Å². The van der Waals surface area contributed by atoms with Gasteiger partial charge in [-0.2, -0.15) is 0 Å². The summed E-state index contributed by atoms with van der Waals surface area (Å²) >= 11 is 6.19. The number of nitrogens with zero attached hydrogens (tertiary/aromatic N) is 4. The number of rotatable bonds is 8. The monoisotopic (exact) mass is 558 g/mol. The molecule has 1 fully saturated rings. The number of nitro groups is 1. The van der Waals surface area contributed by atoms with Gasteiger partial charge in [-0.15, -0.1) is 0 Å². The molecule has 1 saturated heterocycles. The number of ether oxygens (including phenoxy) is 1. The fourth-order valence-corrected chi connectivity index (χ4v) is 5.91. The quantitative estimate of drug-likeness (QED) is 0.302. The molecule has 1 aliphatic heterocycles. The lowest BCUT2D eigenvalue weighted by Crippen LogP contribution is -2.52. The number of nitro benzene ring substituents is 1. The summed E-state index contributed by atoms with van der Waals surface area (Å²) in [6.07, 6.45) is 0. The molecule has 12 heteroatoms. The second-order valence-electron chi connectivity index (χ2n) is 8.74. The van der Waals surface area contributed by atoms with Gasteiger partial charge in [0.2, 0.25) is 5.91 Å². The van der Waals surface area contributed by atoms with E-state index >= 15 is 0 Å². The number of carbonyl (C=O) groups is 1. The van der Waals surface area contributed by atoms with Crippen molar-refractivity contribution < 1.29 is 22.9 Å². The Labute approximate surface area is 226 Å². The molecule has 10 nitrogen and oxygen atoms in total. The fraction of sp³-hybridized carbons (Fsp3) is 0.269. The van der Waals surface area contributed by atoms with Crippen molar-refractivity contribution in [3.05, 3.63) is 87.4 Å². The number of carbonyl (C=O) groups excluding carboxylic acids is 1. The Hall–Kier alpha value is -3.83. The Bertz CT molecular complexity index is 1440. The first-order chi connectivity index (χ1) is 18.1. The van der Waals surface area contributed by atoms with Crippen LogP contribution in [0.5, 0.6) is 5.75 Å². The third-order valence-electron chi connectivity index (χ3n) is 6.41. The first-order valence-corrected chi connectivity index (χ1v) is 13.6. The van der Waals surface area contributed by atoms with Crippen LogP contribution in [0.15, 0.2) is 71.6 Å². The minimum Gasteiger partial charge on any atom is -0.495 e. The number of hydrogen-bond acceptors (Lipinski definition) is 7. The van der Waals surface area contributed by atoms with Crippen LogP contribution < -0.4 is 13.9 Å². The molecule has 3 aromatic carbocycles. The molecule has 0 spiro atoms. The number of hydrogen-bond donors (Lipinski definition) is 0. The maximum atomic E-state index is 13.9. The van der Waals surface area contributed by atoms with Gasteiger partial charge in [-0.1, -0.05) is 35.9 Å². The van der Waals surface area contributed by atoms with Crippen molar-refractivity contribution in [3.63, 3.8) is 0 Å². The number of aryl methyl sites for hydroxylation is 1. The lowest BCUT2D eigenvalue weighted by atomic mass is 10.2. The van der Waals surface area contributed by atoms with Gasteiger partial charge < -0.3 is 14.5 Å². The van der Waals surface area contributed by atoms with Crippen molar-refractivity contribution >= 4 is 44.6 Å². The lowest BCUT2D eigenvalue weighted by Gasteiger charge is -2.37. The van der Waals surface area contributed by atoms with Gasteiger partial charge in [0.05, 0.1) is 22.6 Å². The zero-order valence-electron chi connectivity index (χ0n) is 20.9. The maximum Gasteiger partial charge on any atom is 0.273 e. The Balaban J connectivity index is 1.66. The predicted molar refractivity (Wildman–Crippen MR) is 146 cm³/mol. The number of piperazine rings is 1. The summed E-state index contributed by atoms with van der Waals surface area (Å²) in [7, 11) is -3.06. The Morgan fingerprint density at radius 1 is 1.05 bits per heavy atom. The fourth-order valence-electron chi connectivity index (χ4n) is 4.31. The maximum absolute atomic E-state index is 13.9. The lowest BCUT2D eigenvalue weighted by molar-refractivity contribution is -0.385. The molecule has 200 valence electrons. The first kappa shape index (κ1) is 27.2. The van der Waals surface area contributed by atoms with Crippen LogP contribution >= 0.6 is 11.6 Å². The van der Waals surface area contributed by atoms with Gasteiger partial charge in [0.15, 0.2) is 0 Å². The Morgan fingerprint density at radius 3 is 2.37 bits per heavy atom. The zero-order valence-corrected chi connectivity index (χ0v) is 22.5. The highest BCUT2D eigenvalue weighted by molar-refractivity contribution is 7.92. The summed E-state index contributed by atoms with van der Waals surface area (Å²) in [5.41, 5.74) is 1.08. The van der Waals surface area contributed by atoms with Crippen LogP contribution in [-0.2, 0) is 14.8 Å². The molecule has 1 aliphatic rings. The Kier molecular flexibility index (Phi) is 8.08. The normalized spacial score (nSPS) is 13.8. The molecule has 0 radical (unpaired) electrons. The standard InChI is InChI=1S/C26H27ClN4O6S/c1-19-8-10-22(17-23(19)31(33)34)38(35,36)30(24-16-20(27)9-11-25(24)37-2)18-26(32)29-14-12-28(13-15-29)21-6-4-3-5-7-21/h3-11,16-17H,12-15,18H2,1-2H3. The van der Waals surface area contributed by atoms with Crippen LogP contribution in [0.1, 0.15) is 5.56 Å². The molecule has 0 atom stereocenters. The third-order valence-corrected chi connectivity index (χ3v) is 8.40. The Morgan fingerprint density at radius 2 is 1.74 bits per heavy atom. The van der Waals surface area contributed by atoms with E-state index in [0.717, 1.165) is 16.1 Å². The van der Waals surface area contributed by atoms with Crippen molar-refractivity contribution in [2.24, 2.45) is 0 Å². The van der Waals surface area contributed by atoms with Gasteiger partial charge in [0.25, 0.3) is 15.7 Å². The van der Waals surface area contributed by atoms with Crippen molar-refractivity contribution in [1.82, 2.24) is 4.90 Å². The predicted octanol–water partition coefficient (Wildman–Crippen LogP) is 4.11. The van der Waals surface area contributed by atoms with Crippen molar-refractivity contribution in [3.8, 4) is 5.75 Å². The highest BCUT2D eigenvalue weighted by atomic mass is 35.5. The summed E-state index contributed by atoms with van der Waals surface area (Å²) in [5.74, 6) is -0.230. The molecule has 4 rings (SSSR count). The van der Waals surface area contributed by atoms with E-state index in [2.05, 4.69) is 4.90 Å². The van der Waals surface area contributed by atoms with Gasteiger partial charge >= 0.3 is 0 Å². The number of halogens is 1. The van der Waals surface area contributed by atoms with Crippen molar-refractivity contribution in [2.75, 3.05) is 49.0 Å². The molecule has 3 aromatic rings. The van der Waals surface area contributed by atoms with Crippen LogP contribution in [0.2, 0.25) is 5.02 Å². The first-order valence-electron chi connectivity index (χ1n) is 11.8. The van der Waals surface area contributed by atoms with Gasteiger partial charge in [0, 0.05) is 48.5 Å². The van der Waals surface area contributed by atoms with E-state index in [-0.39, 0.29) is 27.0 Å². The summed E-state index contributed by atoms with van der Waals surface area (Å²) < 4.78 is 34.0. The number of anilines is 2. The highest BCUT2D eigenvalue weighted by Crippen LogP contribution is 2.36. The number of methoxy groups -OCH3 is 1. The smallest absolute Gasteiger partial charge is 0.273 e. The molecule has 38 heavy (non-hydrogen) atoms. The zero-order chi connectivity index (χ0) is 27.4. The molecule has 1 heterocycles. The summed E-state index contributed by atoms with van der Waals surface area (Å²) in [6, 6.07) is 17.9. The SMILES string of the molecule is COc1ccc(Cl)cc1N(CC(=O)N1CCN(c2ccccc2)CC1)S(=O)(=O)c1ccc(C)c([N+](=O)[O-])c1. The van der Waals surface area contributed by atoms with E-state index in [1.165, 1.54) is 44.4 Å². The van der Waals surface area contributed by atoms with Gasteiger partial charge in [-0.3, -0.25) is 19.2 Å². The number of benzene rings is 3. The van der Waals surface area contributed by atoms with E-state index in [0.29, 0.717) is 31.7 Å². The molecule has 0 bridgehead atoms. The molecule has 0 unspecified atom stereocenters. The number of para-hydroxylation sites is 1. The molecule has 0 aliphatic carbocycles. The van der Waals surface area contributed by atoms with Crippen LogP contribution in [0.4, 0.5) is 17.1 Å². The van der Waals surface area contributed by atoms with Crippen molar-refractivity contribution in [2.45, 2.75) is 11.8 Å². The molecule has 1 amide bonds. The van der Waals surface area contributed by atoms with Crippen LogP contribution in [-0.4, -0.2) is 64.0 Å². The summed E-state index contributed by atoms with van der Waals surface area (Å²) in [4.78, 5) is 27.7. The van der Waals surface area contributed by atoms with Crippen LogP contribution in [0.25, 0.3) is 0 Å². The summed E-state index contributed by atoms with van der Waals surface area (Å²) in [6.45, 7) is 2.98. The molecule has 0 saturated carbocycles. The second-order valence-corrected chi connectivity index (χ2v) is 11.0.